The second kappa shape index (κ2) is 7.94. The van der Waals surface area contributed by atoms with Gasteiger partial charge in [-0.15, -0.1) is 0 Å². The molecule has 1 amide bonds. The van der Waals surface area contributed by atoms with Crippen molar-refractivity contribution in [3.8, 4) is 0 Å². The minimum Gasteiger partial charge on any atom is -0.449 e. The fourth-order valence-electron chi connectivity index (χ4n) is 2.78. The molecule has 0 radical (unpaired) electrons. The lowest BCUT2D eigenvalue weighted by Gasteiger charge is -2.26. The van der Waals surface area contributed by atoms with Crippen molar-refractivity contribution in [1.29, 1.82) is 0 Å². The van der Waals surface area contributed by atoms with Gasteiger partial charge >= 0.3 is 6.09 Å². The van der Waals surface area contributed by atoms with Crippen LogP contribution in [0.25, 0.3) is 0 Å². The molecular formula is C17H22BrN5O3. The molecule has 0 saturated carbocycles. The second-order valence-corrected chi connectivity index (χ2v) is 7.16. The summed E-state index contributed by atoms with van der Waals surface area (Å²) < 4.78 is 9.42. The van der Waals surface area contributed by atoms with Gasteiger partial charge in [-0.05, 0) is 28.4 Å². The van der Waals surface area contributed by atoms with Gasteiger partial charge in [0, 0.05) is 30.3 Å². The molecule has 0 atom stereocenters. The Hall–Kier alpha value is -2.29. The first-order valence-corrected chi connectivity index (χ1v) is 9.39. The number of carbonyl (C=O) groups excluding carboxylic acids is 1. The average molecular weight is 424 g/mol. The van der Waals surface area contributed by atoms with E-state index in [9.17, 15) is 9.59 Å². The Balaban J connectivity index is 1.70. The predicted octanol–water partition coefficient (Wildman–Crippen LogP) is 2.84. The van der Waals surface area contributed by atoms with Gasteiger partial charge < -0.3 is 19.5 Å². The van der Waals surface area contributed by atoms with Crippen molar-refractivity contribution in [1.82, 2.24) is 19.2 Å². The third-order valence-electron chi connectivity index (χ3n) is 4.19. The van der Waals surface area contributed by atoms with E-state index in [-0.39, 0.29) is 11.7 Å². The van der Waals surface area contributed by atoms with Crippen molar-refractivity contribution in [2.75, 3.05) is 18.5 Å². The minimum absolute atomic E-state index is 0.139. The van der Waals surface area contributed by atoms with Crippen LogP contribution in [0, 0.1) is 0 Å². The van der Waals surface area contributed by atoms with Crippen molar-refractivity contribution < 1.29 is 9.53 Å². The highest BCUT2D eigenvalue weighted by molar-refractivity contribution is 9.10. The number of amides is 1. The highest BCUT2D eigenvalue weighted by atomic mass is 79.9. The van der Waals surface area contributed by atoms with Gasteiger partial charge in [-0.3, -0.25) is 9.48 Å². The number of pyridine rings is 1. The third-order valence-corrected chi connectivity index (χ3v) is 4.63. The predicted molar refractivity (Wildman–Crippen MR) is 102 cm³/mol. The van der Waals surface area contributed by atoms with Gasteiger partial charge in [0.2, 0.25) is 0 Å². The Kier molecular flexibility index (Phi) is 5.65. The average Bonchev–Trinajstić information content (AvgIpc) is 3.00. The molecule has 0 bridgehead atoms. The minimum atomic E-state index is -0.290. The number of nitrogens with zero attached hydrogens (tertiary/aromatic N) is 4. The van der Waals surface area contributed by atoms with Gasteiger partial charge in [-0.1, -0.05) is 13.3 Å². The van der Waals surface area contributed by atoms with Crippen molar-refractivity contribution >= 4 is 33.5 Å². The number of carbonyl (C=O) groups is 1. The van der Waals surface area contributed by atoms with Crippen molar-refractivity contribution in [3.63, 3.8) is 0 Å². The van der Waals surface area contributed by atoms with Crippen LogP contribution >= 0.6 is 15.9 Å². The Morgan fingerprint density at radius 3 is 2.96 bits per heavy atom. The number of fused-ring (bicyclic) bond motifs is 1. The monoisotopic (exact) mass is 423 g/mol. The summed E-state index contributed by atoms with van der Waals surface area (Å²) in [6, 6.07) is 3.57. The maximum absolute atomic E-state index is 12.2. The lowest BCUT2D eigenvalue weighted by molar-refractivity contribution is 0.0904. The number of ether oxygens (including phenoxy) is 1. The molecule has 2 aromatic heterocycles. The number of hydrogen-bond acceptors (Lipinski definition) is 5. The molecule has 3 rings (SSSR count). The first kappa shape index (κ1) is 18.5. The van der Waals surface area contributed by atoms with Crippen LogP contribution < -0.4 is 10.9 Å². The number of hydrogen-bond donors (Lipinski definition) is 1. The second-order valence-electron chi connectivity index (χ2n) is 6.25. The molecule has 0 saturated heterocycles. The summed E-state index contributed by atoms with van der Waals surface area (Å²) in [5.41, 5.74) is 1.20. The number of aromatic nitrogens is 3. The summed E-state index contributed by atoms with van der Waals surface area (Å²) in [6.07, 6.45) is 3.27. The number of unbranched alkanes of at least 4 members (excludes halogenated alkanes) is 1. The maximum Gasteiger partial charge on any atom is 0.410 e. The van der Waals surface area contributed by atoms with E-state index in [1.54, 1.807) is 24.2 Å². The quantitative estimate of drug-likeness (QED) is 0.747. The fourth-order valence-corrected chi connectivity index (χ4v) is 3.31. The lowest BCUT2D eigenvalue weighted by Crippen LogP contribution is -2.38. The highest BCUT2D eigenvalue weighted by Gasteiger charge is 2.23. The third kappa shape index (κ3) is 4.09. The molecule has 0 fully saturated rings. The first-order chi connectivity index (χ1) is 12.5. The first-order valence-electron chi connectivity index (χ1n) is 8.59. The van der Waals surface area contributed by atoms with Crippen LogP contribution in [0.2, 0.25) is 0 Å². The van der Waals surface area contributed by atoms with E-state index < -0.39 is 0 Å². The van der Waals surface area contributed by atoms with Gasteiger partial charge in [0.15, 0.2) is 5.82 Å². The van der Waals surface area contributed by atoms with Crippen LogP contribution in [0.15, 0.2) is 27.6 Å². The molecule has 0 spiro atoms. The maximum atomic E-state index is 12.2. The van der Waals surface area contributed by atoms with Crippen LogP contribution in [0.1, 0.15) is 25.5 Å². The van der Waals surface area contributed by atoms with Gasteiger partial charge in [-0.25, -0.2) is 4.79 Å². The number of anilines is 2. The van der Waals surface area contributed by atoms with Crippen molar-refractivity contribution in [3.05, 3.63) is 38.9 Å². The molecule has 26 heavy (non-hydrogen) atoms. The molecule has 0 unspecified atom stereocenters. The van der Waals surface area contributed by atoms with E-state index in [0.29, 0.717) is 37.7 Å². The number of rotatable bonds is 5. The van der Waals surface area contributed by atoms with Gasteiger partial charge in [0.05, 0.1) is 25.4 Å². The van der Waals surface area contributed by atoms with E-state index in [2.05, 4.69) is 33.3 Å². The van der Waals surface area contributed by atoms with E-state index in [4.69, 9.17) is 4.74 Å². The highest BCUT2D eigenvalue weighted by Crippen LogP contribution is 2.20. The summed E-state index contributed by atoms with van der Waals surface area (Å²) >= 11 is 3.38. The van der Waals surface area contributed by atoms with Crippen LogP contribution in [0.5, 0.6) is 0 Å². The summed E-state index contributed by atoms with van der Waals surface area (Å²) in [7, 11) is 1.69. The van der Waals surface area contributed by atoms with Gasteiger partial charge in [-0.2, -0.15) is 5.10 Å². The fraction of sp³-hybridized carbons (Fsp3) is 0.471. The summed E-state index contributed by atoms with van der Waals surface area (Å²) in [5, 5.41) is 7.55. The molecule has 8 nitrogen and oxygen atoms in total. The largest absolute Gasteiger partial charge is 0.449 e. The van der Waals surface area contributed by atoms with E-state index in [0.717, 1.165) is 23.0 Å². The zero-order valence-electron chi connectivity index (χ0n) is 14.9. The Labute approximate surface area is 159 Å². The molecule has 3 heterocycles. The molecule has 0 aromatic carbocycles. The molecule has 9 heteroatoms. The van der Waals surface area contributed by atoms with Gasteiger partial charge in [0.1, 0.15) is 5.69 Å². The lowest BCUT2D eigenvalue weighted by atomic mass is 10.3. The summed E-state index contributed by atoms with van der Waals surface area (Å²) in [5.74, 6) is 0.580. The van der Waals surface area contributed by atoms with E-state index >= 15 is 0 Å². The van der Waals surface area contributed by atoms with Crippen molar-refractivity contribution in [2.24, 2.45) is 7.05 Å². The summed E-state index contributed by atoms with van der Waals surface area (Å²) in [6.45, 7) is 4.09. The van der Waals surface area contributed by atoms with Crippen LogP contribution in [-0.2, 0) is 24.9 Å². The molecule has 1 aliphatic rings. The zero-order valence-corrected chi connectivity index (χ0v) is 16.5. The molecule has 1 N–H and O–H groups in total. The van der Waals surface area contributed by atoms with Crippen molar-refractivity contribution in [2.45, 2.75) is 32.9 Å². The van der Waals surface area contributed by atoms with E-state index in [1.807, 2.05) is 10.7 Å². The Bertz CT molecular complexity index is 861. The molecule has 140 valence electrons. The van der Waals surface area contributed by atoms with Crippen LogP contribution in [0.4, 0.5) is 16.3 Å². The molecule has 0 aliphatic carbocycles. The summed E-state index contributed by atoms with van der Waals surface area (Å²) in [4.78, 5) is 26.0. The number of aryl methyl sites for hydroxylation is 1. The van der Waals surface area contributed by atoms with E-state index in [1.165, 1.54) is 4.57 Å². The van der Waals surface area contributed by atoms with Crippen LogP contribution in [-0.4, -0.2) is 38.5 Å². The molecule has 2 aromatic rings. The number of nitrogens with one attached hydrogen (secondary N) is 1. The standard InChI is InChI=1S/C17H22BrN5O3/c1-3-4-7-26-17(25)22-5-6-23-13(11-22)9-15(20-23)19-14-8-12(18)10-21(2)16(14)24/h8-10H,3-7,11H2,1-2H3,(H,19,20). The SMILES string of the molecule is CCCCOC(=O)N1CCn2nc(Nc3cc(Br)cn(C)c3=O)cc2C1. The molecule has 1 aliphatic heterocycles. The molecular weight excluding hydrogens is 402 g/mol. The zero-order chi connectivity index (χ0) is 18.7. The normalized spacial score (nSPS) is 13.4. The Morgan fingerprint density at radius 2 is 2.19 bits per heavy atom. The Morgan fingerprint density at radius 1 is 1.38 bits per heavy atom. The number of halogens is 1. The van der Waals surface area contributed by atoms with Gasteiger partial charge in [0.25, 0.3) is 5.56 Å². The van der Waals surface area contributed by atoms with Crippen LogP contribution in [0.3, 0.4) is 0 Å². The topological polar surface area (TPSA) is 81.4 Å². The smallest absolute Gasteiger partial charge is 0.410 e.